The molecule has 1 N–H and O–H groups in total. The lowest BCUT2D eigenvalue weighted by Gasteiger charge is -2.34. The number of ether oxygens (including phenoxy) is 1. The van der Waals surface area contributed by atoms with Crippen LogP contribution in [0.15, 0.2) is 55.0 Å². The van der Waals surface area contributed by atoms with Crippen molar-refractivity contribution in [3.05, 3.63) is 77.6 Å². The van der Waals surface area contributed by atoms with E-state index in [1.165, 1.54) is 6.20 Å². The van der Waals surface area contributed by atoms with Gasteiger partial charge in [-0.25, -0.2) is 9.97 Å². The van der Waals surface area contributed by atoms with Crippen LogP contribution >= 0.6 is 0 Å². The second kappa shape index (κ2) is 9.55. The SMILES string of the molecule is COc1ccccc1NC(=O)c1cnc([C@@H]2CCCCN2C(=O)c2cccnc2)nc1C. The molecule has 0 saturated carbocycles. The van der Waals surface area contributed by atoms with Gasteiger partial charge in [0.1, 0.15) is 5.75 Å². The number of carbonyl (C=O) groups excluding carboxylic acids is 2. The lowest BCUT2D eigenvalue weighted by atomic mass is 10.00. The van der Waals surface area contributed by atoms with Gasteiger partial charge in [0.2, 0.25) is 0 Å². The van der Waals surface area contributed by atoms with Crippen molar-refractivity contribution >= 4 is 17.5 Å². The number of hydrogen-bond donors (Lipinski definition) is 1. The standard InChI is InChI=1S/C24H25N5O3/c1-16-18(23(30)28-19-9-3-4-11-21(19)32-2)15-26-22(27-16)20-10-5-6-13-29(20)24(31)17-8-7-12-25-14-17/h3-4,7-9,11-12,14-15,20H,5-6,10,13H2,1-2H3,(H,28,30)/t20-/m0/s1. The van der Waals surface area contributed by atoms with E-state index in [2.05, 4.69) is 20.3 Å². The van der Waals surface area contributed by atoms with Gasteiger partial charge in [-0.15, -0.1) is 0 Å². The number of amides is 2. The molecule has 3 aromatic rings. The minimum Gasteiger partial charge on any atom is -0.495 e. The third kappa shape index (κ3) is 4.44. The number of hydrogen-bond acceptors (Lipinski definition) is 6. The smallest absolute Gasteiger partial charge is 0.259 e. The Labute approximate surface area is 186 Å². The highest BCUT2D eigenvalue weighted by Gasteiger charge is 2.31. The lowest BCUT2D eigenvalue weighted by molar-refractivity contribution is 0.0598. The van der Waals surface area contributed by atoms with Crippen molar-refractivity contribution in [2.24, 2.45) is 0 Å². The molecule has 1 atom stereocenters. The van der Waals surface area contributed by atoms with Crippen LogP contribution in [0.5, 0.6) is 5.75 Å². The number of rotatable bonds is 5. The van der Waals surface area contributed by atoms with Crippen LogP contribution in [0.3, 0.4) is 0 Å². The molecule has 8 heteroatoms. The summed E-state index contributed by atoms with van der Waals surface area (Å²) in [5.41, 5.74) is 2.05. The maximum atomic E-state index is 13.1. The molecule has 1 aliphatic rings. The van der Waals surface area contributed by atoms with Gasteiger partial charge in [-0.1, -0.05) is 12.1 Å². The zero-order valence-corrected chi connectivity index (χ0v) is 18.1. The Morgan fingerprint density at radius 1 is 1.12 bits per heavy atom. The molecule has 0 unspecified atom stereocenters. The topological polar surface area (TPSA) is 97.3 Å². The fraction of sp³-hybridized carbons (Fsp3) is 0.292. The molecule has 1 aromatic carbocycles. The molecule has 0 bridgehead atoms. The Bertz CT molecular complexity index is 1120. The Balaban J connectivity index is 1.56. The van der Waals surface area contributed by atoms with E-state index in [4.69, 9.17) is 4.74 Å². The average molecular weight is 431 g/mol. The van der Waals surface area contributed by atoms with Crippen molar-refractivity contribution in [3.8, 4) is 5.75 Å². The quantitative estimate of drug-likeness (QED) is 0.660. The first-order valence-electron chi connectivity index (χ1n) is 10.6. The molecule has 1 aliphatic heterocycles. The summed E-state index contributed by atoms with van der Waals surface area (Å²) in [5, 5.41) is 2.85. The number of pyridine rings is 1. The number of piperidine rings is 1. The Morgan fingerprint density at radius 3 is 2.72 bits per heavy atom. The molecule has 2 amide bonds. The number of likely N-dealkylation sites (tertiary alicyclic amines) is 1. The van der Waals surface area contributed by atoms with Crippen LogP contribution in [0.25, 0.3) is 0 Å². The number of nitrogens with one attached hydrogen (secondary N) is 1. The molecular formula is C24H25N5O3. The fourth-order valence-electron chi connectivity index (χ4n) is 3.90. The molecule has 164 valence electrons. The summed E-state index contributed by atoms with van der Waals surface area (Å²) >= 11 is 0. The zero-order chi connectivity index (χ0) is 22.5. The van der Waals surface area contributed by atoms with Gasteiger partial charge in [-0.3, -0.25) is 14.6 Å². The first-order chi connectivity index (χ1) is 15.6. The van der Waals surface area contributed by atoms with Crippen LogP contribution in [0, 0.1) is 6.92 Å². The van der Waals surface area contributed by atoms with Crippen LogP contribution in [0.1, 0.15) is 57.5 Å². The number of anilines is 1. The third-order valence-electron chi connectivity index (χ3n) is 5.57. The number of nitrogens with zero attached hydrogens (tertiary/aromatic N) is 4. The van der Waals surface area contributed by atoms with E-state index in [-0.39, 0.29) is 17.9 Å². The largest absolute Gasteiger partial charge is 0.495 e. The van der Waals surface area contributed by atoms with Crippen LogP contribution in [0.2, 0.25) is 0 Å². The maximum Gasteiger partial charge on any atom is 0.259 e. The fourth-order valence-corrected chi connectivity index (χ4v) is 3.90. The number of carbonyl (C=O) groups is 2. The highest BCUT2D eigenvalue weighted by molar-refractivity contribution is 6.05. The summed E-state index contributed by atoms with van der Waals surface area (Å²) in [6.45, 7) is 2.41. The summed E-state index contributed by atoms with van der Waals surface area (Å²) in [5.74, 6) is 0.726. The summed E-state index contributed by atoms with van der Waals surface area (Å²) in [6, 6.07) is 10.5. The van der Waals surface area contributed by atoms with E-state index in [0.717, 1.165) is 19.3 Å². The molecule has 3 heterocycles. The molecule has 32 heavy (non-hydrogen) atoms. The zero-order valence-electron chi connectivity index (χ0n) is 18.1. The van der Waals surface area contributed by atoms with Crippen LogP contribution in [-0.4, -0.2) is 45.3 Å². The van der Waals surface area contributed by atoms with Gasteiger partial charge in [0.15, 0.2) is 5.82 Å². The molecule has 8 nitrogen and oxygen atoms in total. The van der Waals surface area contributed by atoms with E-state index < -0.39 is 0 Å². The normalized spacial score (nSPS) is 15.8. The number of aromatic nitrogens is 3. The molecule has 1 saturated heterocycles. The first kappa shape index (κ1) is 21.4. The highest BCUT2D eigenvalue weighted by Crippen LogP contribution is 2.31. The second-order valence-electron chi connectivity index (χ2n) is 7.63. The van der Waals surface area contributed by atoms with E-state index in [0.29, 0.717) is 40.6 Å². The van der Waals surface area contributed by atoms with Gasteiger partial charge in [0, 0.05) is 25.1 Å². The van der Waals surface area contributed by atoms with Crippen LogP contribution < -0.4 is 10.1 Å². The Kier molecular flexibility index (Phi) is 6.39. The number of para-hydroxylation sites is 2. The highest BCUT2D eigenvalue weighted by atomic mass is 16.5. The minimum absolute atomic E-state index is 0.0814. The Morgan fingerprint density at radius 2 is 1.97 bits per heavy atom. The van der Waals surface area contributed by atoms with Crippen molar-refractivity contribution in [1.29, 1.82) is 0 Å². The number of methoxy groups -OCH3 is 1. The van der Waals surface area contributed by atoms with E-state index in [9.17, 15) is 9.59 Å². The van der Waals surface area contributed by atoms with Gasteiger partial charge in [0.05, 0.1) is 35.7 Å². The van der Waals surface area contributed by atoms with Crippen LogP contribution in [0.4, 0.5) is 5.69 Å². The summed E-state index contributed by atoms with van der Waals surface area (Å²) in [7, 11) is 1.55. The second-order valence-corrected chi connectivity index (χ2v) is 7.63. The predicted molar refractivity (Wildman–Crippen MR) is 120 cm³/mol. The van der Waals surface area contributed by atoms with Crippen molar-refractivity contribution in [2.75, 3.05) is 19.0 Å². The van der Waals surface area contributed by atoms with E-state index >= 15 is 0 Å². The van der Waals surface area contributed by atoms with Gasteiger partial charge < -0.3 is 15.0 Å². The first-order valence-corrected chi connectivity index (χ1v) is 10.6. The Hall–Kier alpha value is -3.81. The van der Waals surface area contributed by atoms with Crippen molar-refractivity contribution in [3.63, 3.8) is 0 Å². The molecule has 0 radical (unpaired) electrons. The minimum atomic E-state index is -0.314. The van der Waals surface area contributed by atoms with Crippen molar-refractivity contribution in [1.82, 2.24) is 19.9 Å². The summed E-state index contributed by atoms with van der Waals surface area (Å²) < 4.78 is 5.29. The summed E-state index contributed by atoms with van der Waals surface area (Å²) in [6.07, 6.45) is 7.44. The maximum absolute atomic E-state index is 13.1. The third-order valence-corrected chi connectivity index (χ3v) is 5.57. The van der Waals surface area contributed by atoms with Gasteiger partial charge in [-0.05, 0) is 50.5 Å². The number of benzene rings is 1. The molecule has 4 rings (SSSR count). The molecule has 0 aliphatic carbocycles. The summed E-state index contributed by atoms with van der Waals surface area (Å²) in [4.78, 5) is 40.9. The molecule has 0 spiro atoms. The molecular weight excluding hydrogens is 406 g/mol. The van der Waals surface area contributed by atoms with E-state index in [1.807, 2.05) is 17.0 Å². The van der Waals surface area contributed by atoms with Crippen molar-refractivity contribution < 1.29 is 14.3 Å². The van der Waals surface area contributed by atoms with E-state index in [1.54, 1.807) is 50.7 Å². The van der Waals surface area contributed by atoms with Crippen molar-refractivity contribution in [2.45, 2.75) is 32.2 Å². The van der Waals surface area contributed by atoms with Gasteiger partial charge in [-0.2, -0.15) is 0 Å². The molecule has 1 fully saturated rings. The van der Waals surface area contributed by atoms with Gasteiger partial charge >= 0.3 is 0 Å². The predicted octanol–water partition coefficient (Wildman–Crippen LogP) is 3.81. The van der Waals surface area contributed by atoms with Crippen LogP contribution in [-0.2, 0) is 0 Å². The monoisotopic (exact) mass is 431 g/mol. The lowest BCUT2D eigenvalue weighted by Crippen LogP contribution is -2.39. The average Bonchev–Trinajstić information content (AvgIpc) is 2.84. The molecule has 2 aromatic heterocycles. The van der Waals surface area contributed by atoms with Gasteiger partial charge in [0.25, 0.3) is 11.8 Å². The number of aryl methyl sites for hydroxylation is 1.